The Bertz CT molecular complexity index is 579. The molecule has 1 amide bonds. The molecule has 1 aliphatic heterocycles. The molecule has 0 atom stereocenters. The van der Waals surface area contributed by atoms with Crippen molar-refractivity contribution >= 4 is 24.2 Å². The first-order valence-corrected chi connectivity index (χ1v) is 8.75. The zero-order valence-corrected chi connectivity index (χ0v) is 16.7. The monoisotopic (exact) mass is 352 g/mol. The summed E-state index contributed by atoms with van der Waals surface area (Å²) < 4.78 is 17.1. The Labute approximate surface area is 153 Å². The number of carbonyl (C=O) groups excluding carboxylic acids is 1. The first kappa shape index (κ1) is 21.4. The Morgan fingerprint density at radius 3 is 2.16 bits per heavy atom. The van der Waals surface area contributed by atoms with Gasteiger partial charge in [0.25, 0.3) is 0 Å². The van der Waals surface area contributed by atoms with Crippen LogP contribution in [0.4, 0.5) is 5.69 Å². The molecule has 6 nitrogen and oxygen atoms in total. The largest absolute Gasteiger partial charge is 0.496 e. The second kappa shape index (κ2) is 8.67. The van der Waals surface area contributed by atoms with E-state index in [2.05, 4.69) is 24.1 Å². The number of rotatable bonds is 4. The van der Waals surface area contributed by atoms with Gasteiger partial charge in [0.05, 0.1) is 18.3 Å². The Balaban J connectivity index is 0.00000113. The van der Waals surface area contributed by atoms with Crippen LogP contribution in [0, 0.1) is 0 Å². The molecule has 142 valence electrons. The van der Waals surface area contributed by atoms with Crippen LogP contribution < -0.4 is 15.5 Å². The number of methoxy groups -OCH3 is 1. The summed E-state index contributed by atoms with van der Waals surface area (Å²) >= 11 is 0. The number of unbranched alkanes of at least 4 members (excludes halogenated alkanes) is 1. The number of aromatic nitrogens is 1. The maximum Gasteiger partial charge on any atom is 0.496 e. The summed E-state index contributed by atoms with van der Waals surface area (Å²) in [5.74, 6) is 0.159. The Morgan fingerprint density at radius 1 is 1.24 bits per heavy atom. The first-order valence-electron chi connectivity index (χ1n) is 8.75. The fraction of sp³-hybridized carbons (Fsp3) is 0.667. The van der Waals surface area contributed by atoms with Crippen molar-refractivity contribution < 1.29 is 20.3 Å². The molecule has 2 heterocycles. The summed E-state index contributed by atoms with van der Waals surface area (Å²) in [5, 5.41) is 2.69. The number of nitrogens with zero attached hydrogens (tertiary/aromatic N) is 1. The molecular formula is C18H33BN2O4. The lowest BCUT2D eigenvalue weighted by Gasteiger charge is -2.32. The third-order valence-electron chi connectivity index (χ3n) is 4.40. The highest BCUT2D eigenvalue weighted by atomic mass is 16.7. The highest BCUT2D eigenvalue weighted by Crippen LogP contribution is 2.36. The van der Waals surface area contributed by atoms with Gasteiger partial charge in [-0.25, -0.2) is 4.98 Å². The standard InChI is InChI=1S/C14H21BN2O4.C4H10.H2/c1-9(18)17-11-7-10(8-16-12(11)19-6)15-20-13(2,3)14(4,5)21-15;1-3-4-2;/h7-8H,1-6H3,(H,17,18);3-4H2,1-2H3;1H. The van der Waals surface area contributed by atoms with Gasteiger partial charge in [-0.2, -0.15) is 0 Å². The van der Waals surface area contributed by atoms with Gasteiger partial charge in [-0.15, -0.1) is 0 Å². The fourth-order valence-electron chi connectivity index (χ4n) is 2.02. The Morgan fingerprint density at radius 2 is 1.76 bits per heavy atom. The van der Waals surface area contributed by atoms with E-state index in [1.807, 2.05) is 27.7 Å². The predicted molar refractivity (Wildman–Crippen MR) is 104 cm³/mol. The molecule has 0 unspecified atom stereocenters. The molecule has 0 radical (unpaired) electrons. The van der Waals surface area contributed by atoms with Crippen molar-refractivity contribution in [3.05, 3.63) is 12.3 Å². The highest BCUT2D eigenvalue weighted by molar-refractivity contribution is 6.62. The van der Waals surface area contributed by atoms with Crippen molar-refractivity contribution in [1.29, 1.82) is 0 Å². The number of pyridine rings is 1. The molecule has 0 saturated carbocycles. The molecule has 0 spiro atoms. The maximum absolute atomic E-state index is 11.3. The second-order valence-electron chi connectivity index (χ2n) is 7.09. The topological polar surface area (TPSA) is 69.7 Å². The number of anilines is 1. The third kappa shape index (κ3) is 5.44. The van der Waals surface area contributed by atoms with Crippen LogP contribution in [-0.2, 0) is 14.1 Å². The molecule has 1 saturated heterocycles. The highest BCUT2D eigenvalue weighted by Gasteiger charge is 2.51. The first-order chi connectivity index (χ1) is 11.6. The van der Waals surface area contributed by atoms with E-state index in [0.29, 0.717) is 11.6 Å². The molecule has 7 heteroatoms. The van der Waals surface area contributed by atoms with Gasteiger partial charge in [0.2, 0.25) is 11.8 Å². The number of nitrogens with one attached hydrogen (secondary N) is 1. The van der Waals surface area contributed by atoms with Crippen molar-refractivity contribution in [2.24, 2.45) is 0 Å². The smallest absolute Gasteiger partial charge is 0.480 e. The van der Waals surface area contributed by atoms with Gasteiger partial charge in [-0.3, -0.25) is 4.79 Å². The lowest BCUT2D eigenvalue weighted by molar-refractivity contribution is -0.114. The summed E-state index contributed by atoms with van der Waals surface area (Å²) in [6.45, 7) is 13.7. The van der Waals surface area contributed by atoms with Gasteiger partial charge in [-0.05, 0) is 33.8 Å². The third-order valence-corrected chi connectivity index (χ3v) is 4.40. The van der Waals surface area contributed by atoms with E-state index in [1.165, 1.54) is 26.9 Å². The number of carbonyl (C=O) groups is 1. The van der Waals surface area contributed by atoms with Crippen LogP contribution in [0.2, 0.25) is 0 Å². The minimum atomic E-state index is -0.527. The van der Waals surface area contributed by atoms with Crippen LogP contribution in [0.3, 0.4) is 0 Å². The Kier molecular flexibility index (Phi) is 7.44. The second-order valence-corrected chi connectivity index (χ2v) is 7.09. The van der Waals surface area contributed by atoms with E-state index in [0.717, 1.165) is 5.46 Å². The van der Waals surface area contributed by atoms with Crippen LogP contribution >= 0.6 is 0 Å². The molecule has 1 aromatic heterocycles. The minimum Gasteiger partial charge on any atom is -0.480 e. The SMILES string of the molecule is CCCC.COc1ncc(B2OC(C)(C)C(C)(C)O2)cc1NC(C)=O.[HH]. The summed E-state index contributed by atoms with van der Waals surface area (Å²) in [7, 11) is 0.975. The lowest BCUT2D eigenvalue weighted by atomic mass is 9.80. The van der Waals surface area contributed by atoms with Crippen LogP contribution in [0.15, 0.2) is 12.3 Å². The molecule has 0 aliphatic carbocycles. The molecule has 0 aromatic carbocycles. The molecule has 1 fully saturated rings. The van der Waals surface area contributed by atoms with E-state index < -0.39 is 18.3 Å². The van der Waals surface area contributed by atoms with Crippen LogP contribution in [0.5, 0.6) is 5.88 Å². The van der Waals surface area contributed by atoms with E-state index in [9.17, 15) is 4.79 Å². The van der Waals surface area contributed by atoms with Gasteiger partial charge in [0.15, 0.2) is 0 Å². The number of hydrogen-bond donors (Lipinski definition) is 1. The fourth-order valence-corrected chi connectivity index (χ4v) is 2.02. The lowest BCUT2D eigenvalue weighted by Crippen LogP contribution is -2.41. The van der Waals surface area contributed by atoms with Gasteiger partial charge in [0.1, 0.15) is 5.69 Å². The van der Waals surface area contributed by atoms with E-state index in [-0.39, 0.29) is 7.33 Å². The zero-order chi connectivity index (χ0) is 19.3. The van der Waals surface area contributed by atoms with Gasteiger partial charge in [-0.1, -0.05) is 26.7 Å². The molecule has 1 N–H and O–H groups in total. The molecule has 1 aromatic rings. The molecule has 0 bridgehead atoms. The van der Waals surface area contributed by atoms with Crippen molar-refractivity contribution in [3.8, 4) is 5.88 Å². The average molecular weight is 352 g/mol. The summed E-state index contributed by atoms with van der Waals surface area (Å²) in [4.78, 5) is 15.5. The summed E-state index contributed by atoms with van der Waals surface area (Å²) in [6, 6.07) is 1.76. The van der Waals surface area contributed by atoms with Crippen molar-refractivity contribution in [3.63, 3.8) is 0 Å². The van der Waals surface area contributed by atoms with Gasteiger partial charge < -0.3 is 19.4 Å². The Hall–Kier alpha value is -1.60. The molecule has 1 aliphatic rings. The summed E-state index contributed by atoms with van der Waals surface area (Å²) in [5.41, 5.74) is 0.382. The van der Waals surface area contributed by atoms with Crippen molar-refractivity contribution in [1.82, 2.24) is 4.98 Å². The molecular weight excluding hydrogens is 319 g/mol. The number of hydrogen-bond acceptors (Lipinski definition) is 5. The maximum atomic E-state index is 11.3. The predicted octanol–water partition coefficient (Wildman–Crippen LogP) is 3.40. The van der Waals surface area contributed by atoms with Crippen LogP contribution in [0.1, 0.15) is 62.7 Å². The van der Waals surface area contributed by atoms with Crippen molar-refractivity contribution in [2.75, 3.05) is 12.4 Å². The molecule has 2 rings (SSSR count). The van der Waals surface area contributed by atoms with Gasteiger partial charge in [0, 0.05) is 20.0 Å². The van der Waals surface area contributed by atoms with E-state index in [1.54, 1.807) is 12.3 Å². The van der Waals surface area contributed by atoms with E-state index >= 15 is 0 Å². The van der Waals surface area contributed by atoms with Crippen molar-refractivity contribution in [2.45, 2.75) is 72.5 Å². The number of ether oxygens (including phenoxy) is 1. The average Bonchev–Trinajstić information content (AvgIpc) is 2.75. The number of amides is 1. The summed E-state index contributed by atoms with van der Waals surface area (Å²) in [6.07, 6.45) is 4.27. The van der Waals surface area contributed by atoms with E-state index in [4.69, 9.17) is 14.0 Å². The zero-order valence-electron chi connectivity index (χ0n) is 16.7. The van der Waals surface area contributed by atoms with Gasteiger partial charge >= 0.3 is 7.12 Å². The quantitative estimate of drug-likeness (QED) is 0.841. The minimum absolute atomic E-state index is 0. The van der Waals surface area contributed by atoms with Crippen LogP contribution in [0.25, 0.3) is 0 Å². The normalized spacial score (nSPS) is 17.5. The van der Waals surface area contributed by atoms with Crippen LogP contribution in [-0.4, -0.2) is 36.3 Å². The molecule has 25 heavy (non-hydrogen) atoms.